The molecule has 1 fully saturated rings. The van der Waals surface area contributed by atoms with Crippen LogP contribution in [-0.2, 0) is 17.6 Å². The fourth-order valence-electron chi connectivity index (χ4n) is 4.94. The minimum atomic E-state index is -1.29. The summed E-state index contributed by atoms with van der Waals surface area (Å²) in [5.41, 5.74) is 1.04. The summed E-state index contributed by atoms with van der Waals surface area (Å²) in [6, 6.07) is 10.4. The van der Waals surface area contributed by atoms with Gasteiger partial charge in [-0.05, 0) is 73.9 Å². The van der Waals surface area contributed by atoms with Crippen molar-refractivity contribution in [3.05, 3.63) is 88.2 Å². The van der Waals surface area contributed by atoms with Gasteiger partial charge in [-0.1, -0.05) is 37.6 Å². The van der Waals surface area contributed by atoms with Gasteiger partial charge in [-0.3, -0.25) is 0 Å². The second kappa shape index (κ2) is 12.1. The van der Waals surface area contributed by atoms with Crippen LogP contribution in [0.5, 0.6) is 5.75 Å². The molecule has 0 aromatic heterocycles. The molecule has 1 saturated heterocycles. The zero-order valence-electron chi connectivity index (χ0n) is 21.1. The minimum absolute atomic E-state index is 0.0372. The molecule has 0 aliphatic carbocycles. The number of aryl methyl sites for hydroxylation is 2. The van der Waals surface area contributed by atoms with Gasteiger partial charge in [0.15, 0.2) is 23.2 Å². The lowest BCUT2D eigenvalue weighted by molar-refractivity contribution is -0.00128. The molecule has 0 N–H and O–H groups in total. The molecule has 1 aliphatic rings. The van der Waals surface area contributed by atoms with Crippen LogP contribution >= 0.6 is 0 Å². The summed E-state index contributed by atoms with van der Waals surface area (Å²) in [7, 11) is 0. The molecule has 0 spiro atoms. The molecule has 198 valence electrons. The quantitative estimate of drug-likeness (QED) is 0.265. The van der Waals surface area contributed by atoms with Gasteiger partial charge in [-0.15, -0.1) is 0 Å². The first-order chi connectivity index (χ1) is 17.8. The van der Waals surface area contributed by atoms with Crippen molar-refractivity contribution in [3.63, 3.8) is 0 Å². The number of hydrogen-bond acceptors (Lipinski definition) is 2. The molecule has 0 radical (unpaired) electrons. The van der Waals surface area contributed by atoms with Crippen molar-refractivity contribution in [3.8, 4) is 16.9 Å². The van der Waals surface area contributed by atoms with Crippen LogP contribution < -0.4 is 4.74 Å². The summed E-state index contributed by atoms with van der Waals surface area (Å²) in [5, 5.41) is 0. The molecule has 2 nitrogen and oxygen atoms in total. The molecule has 4 rings (SSSR count). The highest BCUT2D eigenvalue weighted by atomic mass is 19.2. The Morgan fingerprint density at radius 1 is 0.811 bits per heavy atom. The highest BCUT2D eigenvalue weighted by molar-refractivity contribution is 5.66. The van der Waals surface area contributed by atoms with Gasteiger partial charge in [0.1, 0.15) is 5.82 Å². The average Bonchev–Trinajstić information content (AvgIpc) is 2.89. The average molecular weight is 519 g/mol. The first-order valence-corrected chi connectivity index (χ1v) is 12.8. The van der Waals surface area contributed by atoms with Gasteiger partial charge in [0.2, 0.25) is 5.82 Å². The largest absolute Gasteiger partial charge is 0.491 e. The van der Waals surface area contributed by atoms with E-state index in [2.05, 4.69) is 6.92 Å². The second-order valence-electron chi connectivity index (χ2n) is 9.45. The van der Waals surface area contributed by atoms with Crippen LogP contribution in [0.4, 0.5) is 22.0 Å². The maximum Gasteiger partial charge on any atom is 0.201 e. The van der Waals surface area contributed by atoms with Crippen molar-refractivity contribution < 1.29 is 31.4 Å². The summed E-state index contributed by atoms with van der Waals surface area (Å²) >= 11 is 0. The molecular weight excluding hydrogens is 487 g/mol. The normalized spacial score (nSPS) is 17.7. The Hall–Kier alpha value is -2.93. The fraction of sp³-hybridized carbons (Fsp3) is 0.400. The molecule has 2 atom stereocenters. The molecule has 3 aromatic rings. The molecule has 1 heterocycles. The topological polar surface area (TPSA) is 18.5 Å². The molecule has 0 saturated carbocycles. The third-order valence-corrected chi connectivity index (χ3v) is 6.95. The molecule has 2 unspecified atom stereocenters. The Balaban J connectivity index is 1.38. The lowest BCUT2D eigenvalue weighted by Crippen LogP contribution is -2.26. The van der Waals surface area contributed by atoms with E-state index >= 15 is 0 Å². The van der Waals surface area contributed by atoms with Crippen LogP contribution in [0.2, 0.25) is 0 Å². The molecule has 37 heavy (non-hydrogen) atoms. The number of rotatable bonds is 9. The van der Waals surface area contributed by atoms with E-state index in [1.165, 1.54) is 24.3 Å². The Morgan fingerprint density at radius 2 is 1.54 bits per heavy atom. The van der Waals surface area contributed by atoms with Crippen LogP contribution in [0.1, 0.15) is 62.1 Å². The van der Waals surface area contributed by atoms with Gasteiger partial charge in [-0.2, -0.15) is 4.39 Å². The lowest BCUT2D eigenvalue weighted by Gasteiger charge is -2.30. The summed E-state index contributed by atoms with van der Waals surface area (Å²) in [6.07, 6.45) is 3.75. The Labute approximate surface area is 214 Å². The molecule has 1 aliphatic heterocycles. The maximum absolute atomic E-state index is 14.9. The van der Waals surface area contributed by atoms with Crippen LogP contribution in [-0.4, -0.2) is 19.3 Å². The van der Waals surface area contributed by atoms with Gasteiger partial charge in [-0.25, -0.2) is 17.6 Å². The molecule has 0 amide bonds. The minimum Gasteiger partial charge on any atom is -0.491 e. The van der Waals surface area contributed by atoms with E-state index in [-0.39, 0.29) is 53.3 Å². The van der Waals surface area contributed by atoms with E-state index in [1.54, 1.807) is 13.0 Å². The van der Waals surface area contributed by atoms with Crippen LogP contribution in [0.15, 0.2) is 42.5 Å². The van der Waals surface area contributed by atoms with Crippen molar-refractivity contribution >= 4 is 0 Å². The van der Waals surface area contributed by atoms with Crippen LogP contribution in [0.3, 0.4) is 0 Å². The predicted molar refractivity (Wildman–Crippen MR) is 133 cm³/mol. The molecular formula is C30H31F5O2. The van der Waals surface area contributed by atoms with Gasteiger partial charge < -0.3 is 9.47 Å². The smallest absolute Gasteiger partial charge is 0.201 e. The van der Waals surface area contributed by atoms with Crippen molar-refractivity contribution in [2.45, 2.75) is 64.4 Å². The van der Waals surface area contributed by atoms with Gasteiger partial charge in [0.05, 0.1) is 19.3 Å². The van der Waals surface area contributed by atoms with Gasteiger partial charge in [0.25, 0.3) is 0 Å². The van der Waals surface area contributed by atoms with Crippen LogP contribution in [0.25, 0.3) is 11.1 Å². The van der Waals surface area contributed by atoms with Crippen molar-refractivity contribution in [2.24, 2.45) is 0 Å². The van der Waals surface area contributed by atoms with E-state index in [9.17, 15) is 22.0 Å². The predicted octanol–water partition coefficient (Wildman–Crippen LogP) is 8.30. The second-order valence-corrected chi connectivity index (χ2v) is 9.45. The van der Waals surface area contributed by atoms with E-state index < -0.39 is 23.3 Å². The number of hydrogen-bond donors (Lipinski definition) is 0. The molecule has 0 bridgehead atoms. The molecule has 3 aromatic carbocycles. The van der Waals surface area contributed by atoms with E-state index in [0.29, 0.717) is 25.0 Å². The van der Waals surface area contributed by atoms with Crippen LogP contribution in [0, 0.1) is 29.1 Å². The van der Waals surface area contributed by atoms with Crippen molar-refractivity contribution in [1.29, 1.82) is 0 Å². The Kier molecular flexibility index (Phi) is 8.85. The van der Waals surface area contributed by atoms with Gasteiger partial charge in [0, 0.05) is 17.0 Å². The molecule has 7 heteroatoms. The Morgan fingerprint density at radius 3 is 2.19 bits per heavy atom. The summed E-state index contributed by atoms with van der Waals surface area (Å²) in [6.45, 7) is 4.19. The summed E-state index contributed by atoms with van der Waals surface area (Å²) < 4.78 is 84.0. The standard InChI is InChI=1S/C30H31F5O2/c1-3-5-18-6-12-22(25(31)16-18)20-8-11-21(37-17-20)10-7-19-9-13-23(28(33)27(19)32)24-14-15-26(36-4-2)30(35)29(24)34/h6,9,12-16,20-21H,3-5,7-8,10-11,17H2,1-2H3. The first-order valence-electron chi connectivity index (χ1n) is 12.8. The zero-order chi connectivity index (χ0) is 26.5. The van der Waals surface area contributed by atoms with E-state index in [0.717, 1.165) is 24.8 Å². The first kappa shape index (κ1) is 27.1. The highest BCUT2D eigenvalue weighted by Gasteiger charge is 2.26. The monoisotopic (exact) mass is 518 g/mol. The van der Waals surface area contributed by atoms with Crippen molar-refractivity contribution in [1.82, 2.24) is 0 Å². The zero-order valence-corrected chi connectivity index (χ0v) is 21.1. The van der Waals surface area contributed by atoms with Gasteiger partial charge >= 0.3 is 0 Å². The number of halogens is 5. The number of ether oxygens (including phenoxy) is 2. The third kappa shape index (κ3) is 5.98. The van der Waals surface area contributed by atoms with Crippen molar-refractivity contribution in [2.75, 3.05) is 13.2 Å². The van der Waals surface area contributed by atoms with E-state index in [4.69, 9.17) is 9.47 Å². The SMILES string of the molecule is CCCc1ccc(C2CCC(CCc3ccc(-c4ccc(OCC)c(F)c4F)c(F)c3F)OC2)c(F)c1. The van der Waals surface area contributed by atoms with E-state index in [1.807, 2.05) is 12.1 Å². The highest BCUT2D eigenvalue weighted by Crippen LogP contribution is 2.35. The lowest BCUT2D eigenvalue weighted by atomic mass is 9.88. The fourth-order valence-corrected chi connectivity index (χ4v) is 4.94. The third-order valence-electron chi connectivity index (χ3n) is 6.95. The summed E-state index contributed by atoms with van der Waals surface area (Å²) in [4.78, 5) is 0. The number of benzene rings is 3. The Bertz CT molecular complexity index is 1240. The maximum atomic E-state index is 14.9. The summed E-state index contributed by atoms with van der Waals surface area (Å²) in [5.74, 6) is -5.39.